The number of carboxylic acid groups (broad SMARTS) is 1. The molecule has 90 valence electrons. The van der Waals surface area contributed by atoms with Gasteiger partial charge in [-0.1, -0.05) is 13.3 Å². The van der Waals surface area contributed by atoms with E-state index in [4.69, 9.17) is 11.5 Å². The summed E-state index contributed by atoms with van der Waals surface area (Å²) in [6, 6.07) is -1.51. The predicted octanol–water partition coefficient (Wildman–Crippen LogP) is 0.951. The minimum Gasteiger partial charge on any atom is -0.480 e. The van der Waals surface area contributed by atoms with E-state index in [1.807, 2.05) is 6.92 Å². The van der Waals surface area contributed by atoms with Crippen LogP contribution >= 0.6 is 0 Å². The van der Waals surface area contributed by atoms with Crippen LogP contribution in [0, 0.1) is 12.3 Å². The number of hydrogen-bond donors (Lipinski definition) is 3. The van der Waals surface area contributed by atoms with Gasteiger partial charge in [0, 0.05) is 12.5 Å². The van der Waals surface area contributed by atoms with E-state index in [2.05, 4.69) is 16.6 Å². The summed E-state index contributed by atoms with van der Waals surface area (Å²) in [7, 11) is 0. The maximum absolute atomic E-state index is 11.4. The van der Waals surface area contributed by atoms with Crippen LogP contribution in [0.5, 0.6) is 0 Å². The Balaban J connectivity index is 4.10. The standard InChI is InChI=1S/C11H18N2O3/c1-4-6-8(3)12-11(16)13-9(7-5-2)10(14)15/h1,8-9H,5-7H2,2-3H3,(H,14,15)(H2,12,13,16). The number of terminal acetylenes is 1. The van der Waals surface area contributed by atoms with E-state index >= 15 is 0 Å². The summed E-state index contributed by atoms with van der Waals surface area (Å²) in [5, 5.41) is 13.8. The highest BCUT2D eigenvalue weighted by Crippen LogP contribution is 1.97. The summed E-state index contributed by atoms with van der Waals surface area (Å²) < 4.78 is 0. The molecule has 0 aromatic heterocycles. The molecular formula is C11H18N2O3. The summed E-state index contributed by atoms with van der Waals surface area (Å²) >= 11 is 0. The lowest BCUT2D eigenvalue weighted by molar-refractivity contribution is -0.139. The van der Waals surface area contributed by atoms with Crippen LogP contribution in [0.2, 0.25) is 0 Å². The first-order valence-electron chi connectivity index (χ1n) is 5.24. The Kier molecular flexibility index (Phi) is 6.77. The fourth-order valence-electron chi connectivity index (χ4n) is 1.20. The molecule has 0 aliphatic carbocycles. The van der Waals surface area contributed by atoms with Gasteiger partial charge in [0.1, 0.15) is 6.04 Å². The molecular weight excluding hydrogens is 208 g/mol. The van der Waals surface area contributed by atoms with Crippen LogP contribution in [0.3, 0.4) is 0 Å². The smallest absolute Gasteiger partial charge is 0.326 e. The molecule has 0 aliphatic heterocycles. The van der Waals surface area contributed by atoms with Crippen LogP contribution in [-0.2, 0) is 4.79 Å². The number of carbonyl (C=O) groups is 2. The SMILES string of the molecule is C#CCC(C)NC(=O)NC(CCC)C(=O)O. The minimum absolute atomic E-state index is 0.166. The van der Waals surface area contributed by atoms with Crippen LogP contribution in [0.15, 0.2) is 0 Å². The zero-order chi connectivity index (χ0) is 12.6. The number of carboxylic acids is 1. The molecule has 2 atom stereocenters. The largest absolute Gasteiger partial charge is 0.480 e. The Morgan fingerprint density at radius 1 is 1.44 bits per heavy atom. The minimum atomic E-state index is -1.03. The maximum atomic E-state index is 11.4. The van der Waals surface area contributed by atoms with Gasteiger partial charge in [-0.2, -0.15) is 0 Å². The van der Waals surface area contributed by atoms with E-state index in [1.54, 1.807) is 6.92 Å². The van der Waals surface area contributed by atoms with E-state index in [0.717, 1.165) is 0 Å². The molecule has 5 heteroatoms. The van der Waals surface area contributed by atoms with Gasteiger partial charge in [0.15, 0.2) is 0 Å². The first-order valence-corrected chi connectivity index (χ1v) is 5.24. The van der Waals surface area contributed by atoms with E-state index in [0.29, 0.717) is 19.3 Å². The van der Waals surface area contributed by atoms with Crippen LogP contribution in [0.4, 0.5) is 4.79 Å². The molecule has 0 rings (SSSR count). The number of amides is 2. The Morgan fingerprint density at radius 2 is 2.06 bits per heavy atom. The fraction of sp³-hybridized carbons (Fsp3) is 0.636. The van der Waals surface area contributed by atoms with Crippen LogP contribution in [0.25, 0.3) is 0 Å². The van der Waals surface area contributed by atoms with Crippen molar-refractivity contribution >= 4 is 12.0 Å². The fourth-order valence-corrected chi connectivity index (χ4v) is 1.20. The molecule has 0 aromatic carbocycles. The first-order chi connectivity index (χ1) is 7.51. The quantitative estimate of drug-likeness (QED) is 0.590. The molecule has 0 saturated heterocycles. The zero-order valence-corrected chi connectivity index (χ0v) is 9.62. The van der Waals surface area contributed by atoms with Crippen molar-refractivity contribution in [3.63, 3.8) is 0 Å². The van der Waals surface area contributed by atoms with Crippen molar-refractivity contribution < 1.29 is 14.7 Å². The molecule has 0 saturated carbocycles. The van der Waals surface area contributed by atoms with Crippen LogP contribution in [-0.4, -0.2) is 29.2 Å². The number of urea groups is 1. The van der Waals surface area contributed by atoms with Gasteiger partial charge >= 0.3 is 12.0 Å². The first kappa shape index (κ1) is 14.3. The Bertz CT molecular complexity index is 283. The van der Waals surface area contributed by atoms with Crippen LogP contribution < -0.4 is 10.6 Å². The molecule has 2 amide bonds. The van der Waals surface area contributed by atoms with E-state index in [-0.39, 0.29) is 6.04 Å². The van der Waals surface area contributed by atoms with Crippen molar-refractivity contribution in [3.05, 3.63) is 0 Å². The molecule has 0 bridgehead atoms. The highest BCUT2D eigenvalue weighted by molar-refractivity contribution is 5.82. The Hall–Kier alpha value is -1.70. The predicted molar refractivity (Wildman–Crippen MR) is 60.9 cm³/mol. The molecule has 0 heterocycles. The molecule has 0 aliphatic rings. The third-order valence-corrected chi connectivity index (χ3v) is 1.98. The van der Waals surface area contributed by atoms with Crippen molar-refractivity contribution in [2.75, 3.05) is 0 Å². The average molecular weight is 226 g/mol. The third-order valence-electron chi connectivity index (χ3n) is 1.98. The monoisotopic (exact) mass is 226 g/mol. The lowest BCUT2D eigenvalue weighted by Gasteiger charge is -2.16. The molecule has 16 heavy (non-hydrogen) atoms. The third kappa shape index (κ3) is 5.91. The maximum Gasteiger partial charge on any atom is 0.326 e. The number of rotatable bonds is 6. The molecule has 0 fully saturated rings. The lowest BCUT2D eigenvalue weighted by Crippen LogP contribution is -2.48. The summed E-state index contributed by atoms with van der Waals surface area (Å²) in [5.74, 6) is 1.39. The lowest BCUT2D eigenvalue weighted by atomic mass is 10.2. The van der Waals surface area contributed by atoms with Crippen molar-refractivity contribution in [3.8, 4) is 12.3 Å². The molecule has 5 nitrogen and oxygen atoms in total. The van der Waals surface area contributed by atoms with Crippen LogP contribution in [0.1, 0.15) is 33.1 Å². The molecule has 0 radical (unpaired) electrons. The van der Waals surface area contributed by atoms with Gasteiger partial charge in [-0.3, -0.25) is 0 Å². The molecule has 3 N–H and O–H groups in total. The summed E-state index contributed by atoms with van der Waals surface area (Å²) in [6.07, 6.45) is 6.60. The second-order valence-electron chi connectivity index (χ2n) is 3.61. The van der Waals surface area contributed by atoms with E-state index < -0.39 is 18.0 Å². The molecule has 0 aromatic rings. The van der Waals surface area contributed by atoms with Crippen molar-refractivity contribution in [2.45, 2.75) is 45.2 Å². The number of carbonyl (C=O) groups excluding carboxylic acids is 1. The molecule has 2 unspecified atom stereocenters. The normalized spacial score (nSPS) is 13.3. The number of nitrogens with one attached hydrogen (secondary N) is 2. The van der Waals surface area contributed by atoms with Crippen molar-refractivity contribution in [1.82, 2.24) is 10.6 Å². The van der Waals surface area contributed by atoms with E-state index in [1.165, 1.54) is 0 Å². The zero-order valence-electron chi connectivity index (χ0n) is 9.62. The Labute approximate surface area is 95.6 Å². The van der Waals surface area contributed by atoms with Gasteiger partial charge in [0.2, 0.25) is 0 Å². The van der Waals surface area contributed by atoms with Crippen molar-refractivity contribution in [2.24, 2.45) is 0 Å². The van der Waals surface area contributed by atoms with Gasteiger partial charge in [-0.15, -0.1) is 12.3 Å². The van der Waals surface area contributed by atoms with E-state index in [9.17, 15) is 9.59 Å². The Morgan fingerprint density at radius 3 is 2.50 bits per heavy atom. The van der Waals surface area contributed by atoms with Gasteiger partial charge in [-0.05, 0) is 13.3 Å². The summed E-state index contributed by atoms with van der Waals surface area (Å²) in [5.41, 5.74) is 0. The highest BCUT2D eigenvalue weighted by Gasteiger charge is 2.19. The summed E-state index contributed by atoms with van der Waals surface area (Å²) in [4.78, 5) is 22.1. The van der Waals surface area contributed by atoms with Gasteiger partial charge in [-0.25, -0.2) is 9.59 Å². The highest BCUT2D eigenvalue weighted by atomic mass is 16.4. The van der Waals surface area contributed by atoms with Gasteiger partial charge in [0.25, 0.3) is 0 Å². The number of aliphatic carboxylic acids is 1. The second-order valence-corrected chi connectivity index (χ2v) is 3.61. The summed E-state index contributed by atoms with van der Waals surface area (Å²) in [6.45, 7) is 3.62. The molecule has 0 spiro atoms. The van der Waals surface area contributed by atoms with Gasteiger partial charge < -0.3 is 15.7 Å². The second kappa shape index (κ2) is 7.57. The average Bonchev–Trinajstić information content (AvgIpc) is 2.16. The number of hydrogen-bond acceptors (Lipinski definition) is 2. The van der Waals surface area contributed by atoms with Gasteiger partial charge in [0.05, 0.1) is 0 Å². The topological polar surface area (TPSA) is 78.4 Å². The van der Waals surface area contributed by atoms with Crippen molar-refractivity contribution in [1.29, 1.82) is 0 Å².